The molecule has 0 radical (unpaired) electrons. The van der Waals surface area contributed by atoms with E-state index < -0.39 is 10.0 Å². The quantitative estimate of drug-likeness (QED) is 0.909. The van der Waals surface area contributed by atoms with E-state index in [1.807, 2.05) is 6.92 Å². The highest BCUT2D eigenvalue weighted by Gasteiger charge is 2.37. The highest BCUT2D eigenvalue weighted by Crippen LogP contribution is 2.33. The number of rotatable bonds is 2. The molecule has 6 heteroatoms. The first-order chi connectivity index (χ1) is 8.32. The highest BCUT2D eigenvalue weighted by molar-refractivity contribution is 7.91. The molecule has 0 spiro atoms. The topological polar surface area (TPSA) is 63.4 Å². The molecule has 2 heterocycles. The van der Waals surface area contributed by atoms with Gasteiger partial charge in [0, 0.05) is 23.7 Å². The summed E-state index contributed by atoms with van der Waals surface area (Å²) in [6.45, 7) is 6.82. The van der Waals surface area contributed by atoms with Gasteiger partial charge in [0.05, 0.1) is 0 Å². The second-order valence-corrected chi connectivity index (χ2v) is 8.36. The monoisotopic (exact) mass is 288 g/mol. The Balaban J connectivity index is 2.34. The number of sulfonamides is 1. The average molecular weight is 288 g/mol. The van der Waals surface area contributed by atoms with E-state index in [9.17, 15) is 8.42 Å². The molecule has 4 nitrogen and oxygen atoms in total. The number of hydrogen-bond acceptors (Lipinski definition) is 4. The molecule has 1 saturated heterocycles. The number of nitrogens with two attached hydrogens (primary N) is 1. The molecule has 2 rings (SSSR count). The van der Waals surface area contributed by atoms with Gasteiger partial charge in [-0.1, -0.05) is 13.8 Å². The Hall–Kier alpha value is -0.590. The Labute approximate surface area is 113 Å². The van der Waals surface area contributed by atoms with Crippen LogP contribution in [0.4, 0.5) is 5.69 Å². The smallest absolute Gasteiger partial charge is 0.252 e. The number of nitrogens with zero attached hydrogens (tertiary/aromatic N) is 1. The molecule has 3 atom stereocenters. The standard InChI is InChI=1S/C12H20N2O2S2/c1-8-4-9(2)10(3)14(6-8)18(15,16)12-5-11(13)7-17-12/h5,7-10H,4,6,13H2,1-3H3. The normalized spacial score (nSPS) is 30.5. The number of thiophene rings is 1. The minimum Gasteiger partial charge on any atom is -0.398 e. The van der Waals surface area contributed by atoms with Crippen LogP contribution in [0.2, 0.25) is 0 Å². The van der Waals surface area contributed by atoms with Crippen LogP contribution >= 0.6 is 11.3 Å². The molecule has 0 bridgehead atoms. The van der Waals surface area contributed by atoms with E-state index in [2.05, 4.69) is 13.8 Å². The maximum Gasteiger partial charge on any atom is 0.252 e. The number of nitrogen functional groups attached to an aromatic ring is 1. The lowest BCUT2D eigenvalue weighted by molar-refractivity contribution is 0.157. The molecule has 1 aromatic rings. The summed E-state index contributed by atoms with van der Waals surface area (Å²) < 4.78 is 27.2. The lowest BCUT2D eigenvalue weighted by atomic mass is 9.88. The number of piperidine rings is 1. The van der Waals surface area contributed by atoms with E-state index in [4.69, 9.17) is 5.73 Å². The van der Waals surface area contributed by atoms with Crippen molar-refractivity contribution in [3.05, 3.63) is 11.4 Å². The fourth-order valence-electron chi connectivity index (χ4n) is 2.56. The third kappa shape index (κ3) is 2.41. The van der Waals surface area contributed by atoms with Crippen LogP contribution in [0.25, 0.3) is 0 Å². The van der Waals surface area contributed by atoms with Gasteiger partial charge in [0.1, 0.15) is 4.21 Å². The third-order valence-electron chi connectivity index (χ3n) is 3.70. The zero-order valence-corrected chi connectivity index (χ0v) is 12.6. The third-order valence-corrected chi connectivity index (χ3v) is 7.09. The second kappa shape index (κ2) is 4.83. The van der Waals surface area contributed by atoms with Gasteiger partial charge in [-0.15, -0.1) is 11.3 Å². The molecular formula is C12H20N2O2S2. The van der Waals surface area contributed by atoms with Crippen LogP contribution in [0.15, 0.2) is 15.7 Å². The molecule has 1 aromatic heterocycles. The van der Waals surface area contributed by atoms with Gasteiger partial charge < -0.3 is 5.73 Å². The van der Waals surface area contributed by atoms with Crippen molar-refractivity contribution in [2.75, 3.05) is 12.3 Å². The van der Waals surface area contributed by atoms with Gasteiger partial charge in [-0.25, -0.2) is 8.42 Å². The average Bonchev–Trinajstić information content (AvgIpc) is 2.70. The van der Waals surface area contributed by atoms with Gasteiger partial charge in [-0.05, 0) is 31.2 Å². The van der Waals surface area contributed by atoms with E-state index in [-0.39, 0.29) is 6.04 Å². The summed E-state index contributed by atoms with van der Waals surface area (Å²) in [6, 6.07) is 1.60. The lowest BCUT2D eigenvalue weighted by Crippen LogP contribution is -2.48. The van der Waals surface area contributed by atoms with E-state index >= 15 is 0 Å². The number of anilines is 1. The maximum absolute atomic E-state index is 12.6. The summed E-state index contributed by atoms with van der Waals surface area (Å²) in [5.41, 5.74) is 6.14. The molecular weight excluding hydrogens is 268 g/mol. The van der Waals surface area contributed by atoms with Gasteiger partial charge in [0.25, 0.3) is 10.0 Å². The summed E-state index contributed by atoms with van der Waals surface area (Å²) in [4.78, 5) is 0. The van der Waals surface area contributed by atoms with Crippen molar-refractivity contribution >= 4 is 27.0 Å². The molecule has 0 aliphatic carbocycles. The summed E-state index contributed by atoms with van der Waals surface area (Å²) in [7, 11) is -3.38. The SMILES string of the molecule is CC1CC(C)C(C)N(S(=O)(=O)c2cc(N)cs2)C1. The number of hydrogen-bond donors (Lipinski definition) is 1. The summed E-state index contributed by atoms with van der Waals surface area (Å²) in [6.07, 6.45) is 1.08. The van der Waals surface area contributed by atoms with Crippen LogP contribution in [0, 0.1) is 11.8 Å². The first-order valence-electron chi connectivity index (χ1n) is 6.18. The van der Waals surface area contributed by atoms with Crippen molar-refractivity contribution < 1.29 is 8.42 Å². The van der Waals surface area contributed by atoms with Crippen LogP contribution in [-0.2, 0) is 10.0 Å². The predicted molar refractivity (Wildman–Crippen MR) is 75.0 cm³/mol. The Kier molecular flexibility index (Phi) is 3.71. The molecule has 3 unspecified atom stereocenters. The van der Waals surface area contributed by atoms with E-state index in [0.29, 0.717) is 28.3 Å². The Morgan fingerprint density at radius 2 is 2.06 bits per heavy atom. The van der Waals surface area contributed by atoms with Gasteiger partial charge >= 0.3 is 0 Å². The van der Waals surface area contributed by atoms with Crippen LogP contribution in [0.1, 0.15) is 27.2 Å². The van der Waals surface area contributed by atoms with E-state index in [1.54, 1.807) is 15.8 Å². The van der Waals surface area contributed by atoms with Crippen molar-refractivity contribution in [2.45, 2.75) is 37.4 Å². The molecule has 1 fully saturated rings. The minimum absolute atomic E-state index is 0.0505. The molecule has 102 valence electrons. The summed E-state index contributed by atoms with van der Waals surface area (Å²) in [5.74, 6) is 0.795. The fourth-order valence-corrected chi connectivity index (χ4v) is 5.62. The lowest BCUT2D eigenvalue weighted by Gasteiger charge is -2.39. The van der Waals surface area contributed by atoms with E-state index in [0.717, 1.165) is 6.42 Å². The minimum atomic E-state index is -3.38. The van der Waals surface area contributed by atoms with Crippen LogP contribution in [-0.4, -0.2) is 25.3 Å². The van der Waals surface area contributed by atoms with Crippen molar-refractivity contribution in [3.63, 3.8) is 0 Å². The first-order valence-corrected chi connectivity index (χ1v) is 8.50. The zero-order chi connectivity index (χ0) is 13.5. The van der Waals surface area contributed by atoms with Crippen molar-refractivity contribution in [2.24, 2.45) is 11.8 Å². The van der Waals surface area contributed by atoms with Gasteiger partial charge in [0.15, 0.2) is 0 Å². The molecule has 0 saturated carbocycles. The molecule has 1 aliphatic heterocycles. The molecule has 18 heavy (non-hydrogen) atoms. The maximum atomic E-state index is 12.6. The van der Waals surface area contributed by atoms with Crippen molar-refractivity contribution in [3.8, 4) is 0 Å². The van der Waals surface area contributed by atoms with Gasteiger partial charge in [0.2, 0.25) is 0 Å². The van der Waals surface area contributed by atoms with Crippen molar-refractivity contribution in [1.29, 1.82) is 0 Å². The van der Waals surface area contributed by atoms with Crippen LogP contribution in [0.3, 0.4) is 0 Å². The van der Waals surface area contributed by atoms with Crippen molar-refractivity contribution in [1.82, 2.24) is 4.31 Å². The summed E-state index contributed by atoms with van der Waals surface area (Å²) >= 11 is 1.20. The second-order valence-electron chi connectivity index (χ2n) is 5.33. The van der Waals surface area contributed by atoms with Gasteiger partial charge in [-0.3, -0.25) is 0 Å². The van der Waals surface area contributed by atoms with Gasteiger partial charge in [-0.2, -0.15) is 4.31 Å². The molecule has 2 N–H and O–H groups in total. The Bertz CT molecular complexity index is 524. The Morgan fingerprint density at radius 1 is 1.39 bits per heavy atom. The Morgan fingerprint density at radius 3 is 2.61 bits per heavy atom. The van der Waals surface area contributed by atoms with Crippen LogP contribution in [0.5, 0.6) is 0 Å². The zero-order valence-electron chi connectivity index (χ0n) is 11.0. The van der Waals surface area contributed by atoms with E-state index in [1.165, 1.54) is 11.3 Å². The fraction of sp³-hybridized carbons (Fsp3) is 0.667. The highest BCUT2D eigenvalue weighted by atomic mass is 32.2. The molecule has 0 aromatic carbocycles. The largest absolute Gasteiger partial charge is 0.398 e. The molecule has 0 amide bonds. The first kappa shape index (κ1) is 13.8. The summed E-state index contributed by atoms with van der Waals surface area (Å²) in [5, 5.41) is 1.67. The molecule has 1 aliphatic rings. The van der Waals surface area contributed by atoms with Crippen LogP contribution < -0.4 is 5.73 Å². The predicted octanol–water partition coefficient (Wildman–Crippen LogP) is 2.39.